The fraction of sp³-hybridized carbons (Fsp3) is 0.538. The van der Waals surface area contributed by atoms with Crippen LogP contribution in [-0.2, 0) is 4.74 Å². The molecule has 104 valence electrons. The number of nitrogens with one attached hydrogen (secondary N) is 1. The highest BCUT2D eigenvalue weighted by Gasteiger charge is 2.24. The van der Waals surface area contributed by atoms with E-state index in [1.165, 1.54) is 0 Å². The third-order valence-corrected chi connectivity index (χ3v) is 2.92. The highest BCUT2D eigenvalue weighted by molar-refractivity contribution is 5.90. The van der Waals surface area contributed by atoms with E-state index in [0.717, 1.165) is 0 Å². The summed E-state index contributed by atoms with van der Waals surface area (Å²) in [6.45, 7) is 6.09. The number of carbonyl (C=O) groups excluding carboxylic acids is 1. The topological polar surface area (TPSA) is 63.7 Å². The maximum absolute atomic E-state index is 12.2. The molecular weight excluding hydrogens is 246 g/mol. The monoisotopic (exact) mass is 265 g/mol. The molecule has 0 bridgehead atoms. The molecule has 1 saturated heterocycles. The average Bonchev–Trinajstić information content (AvgIpc) is 2.41. The van der Waals surface area contributed by atoms with E-state index >= 15 is 0 Å². The lowest BCUT2D eigenvalue weighted by molar-refractivity contribution is 0.0221. The summed E-state index contributed by atoms with van der Waals surface area (Å²) in [5.74, 6) is 0.444. The number of nitrogens with zero attached hydrogens (tertiary/aromatic N) is 2. The van der Waals surface area contributed by atoms with E-state index < -0.39 is 0 Å². The molecular formula is C13H19N3O3. The summed E-state index contributed by atoms with van der Waals surface area (Å²) in [5.41, 5.74) is 0.591. The maximum atomic E-state index is 12.2. The van der Waals surface area contributed by atoms with Gasteiger partial charge in [0, 0.05) is 12.7 Å². The van der Waals surface area contributed by atoms with Crippen molar-refractivity contribution in [3.8, 4) is 5.88 Å². The predicted molar refractivity (Wildman–Crippen MR) is 71.4 cm³/mol. The molecule has 2 amide bonds. The molecule has 1 aliphatic rings. The molecule has 1 N–H and O–H groups in total. The Hall–Kier alpha value is -1.82. The molecule has 1 fully saturated rings. The lowest BCUT2D eigenvalue weighted by Crippen LogP contribution is -2.48. The smallest absolute Gasteiger partial charge is 0.322 e. The Morgan fingerprint density at radius 3 is 3.26 bits per heavy atom. The molecule has 1 aliphatic heterocycles. The van der Waals surface area contributed by atoms with E-state index in [1.54, 1.807) is 23.2 Å². The summed E-state index contributed by atoms with van der Waals surface area (Å²) >= 11 is 0. The van der Waals surface area contributed by atoms with Gasteiger partial charge in [0.2, 0.25) is 5.88 Å². The Kier molecular flexibility index (Phi) is 4.57. The first-order valence-corrected chi connectivity index (χ1v) is 6.45. The Balaban J connectivity index is 2.05. The van der Waals surface area contributed by atoms with Gasteiger partial charge in [-0.05, 0) is 26.0 Å². The van der Waals surface area contributed by atoms with Crippen LogP contribution >= 0.6 is 0 Å². The second-order valence-electron chi connectivity index (χ2n) is 4.34. The van der Waals surface area contributed by atoms with Crippen molar-refractivity contribution in [2.75, 3.05) is 31.7 Å². The summed E-state index contributed by atoms with van der Waals surface area (Å²) < 4.78 is 10.7. The first kappa shape index (κ1) is 13.6. The van der Waals surface area contributed by atoms with E-state index in [0.29, 0.717) is 37.9 Å². The first-order valence-electron chi connectivity index (χ1n) is 6.45. The largest absolute Gasteiger partial charge is 0.476 e. The molecule has 1 aromatic rings. The molecule has 0 unspecified atom stereocenters. The van der Waals surface area contributed by atoms with E-state index in [1.807, 2.05) is 13.8 Å². The number of rotatable bonds is 3. The zero-order valence-corrected chi connectivity index (χ0v) is 11.3. The van der Waals surface area contributed by atoms with Crippen LogP contribution in [0.2, 0.25) is 0 Å². The van der Waals surface area contributed by atoms with Crippen molar-refractivity contribution in [2.45, 2.75) is 19.9 Å². The van der Waals surface area contributed by atoms with Gasteiger partial charge < -0.3 is 19.7 Å². The van der Waals surface area contributed by atoms with Crippen LogP contribution in [0.4, 0.5) is 10.5 Å². The minimum Gasteiger partial charge on any atom is -0.476 e. The molecule has 2 heterocycles. The highest BCUT2D eigenvalue weighted by atomic mass is 16.5. The molecule has 19 heavy (non-hydrogen) atoms. The lowest BCUT2D eigenvalue weighted by Gasteiger charge is -2.33. The molecule has 1 atom stereocenters. The van der Waals surface area contributed by atoms with Crippen LogP contribution in [0.25, 0.3) is 0 Å². The summed E-state index contributed by atoms with van der Waals surface area (Å²) in [6.07, 6.45) is 1.64. The Bertz CT molecular complexity index is 439. The lowest BCUT2D eigenvalue weighted by atomic mass is 10.3. The van der Waals surface area contributed by atoms with Gasteiger partial charge in [-0.15, -0.1) is 0 Å². The van der Waals surface area contributed by atoms with Crippen molar-refractivity contribution >= 4 is 11.7 Å². The summed E-state index contributed by atoms with van der Waals surface area (Å²) in [5, 5.41) is 2.84. The van der Waals surface area contributed by atoms with Gasteiger partial charge in [-0.2, -0.15) is 0 Å². The van der Waals surface area contributed by atoms with Crippen molar-refractivity contribution in [2.24, 2.45) is 0 Å². The third kappa shape index (κ3) is 3.35. The zero-order valence-electron chi connectivity index (χ0n) is 11.3. The number of pyridine rings is 1. The van der Waals surface area contributed by atoms with Crippen molar-refractivity contribution in [3.63, 3.8) is 0 Å². The first-order chi connectivity index (χ1) is 9.22. The van der Waals surface area contributed by atoms with Gasteiger partial charge in [0.25, 0.3) is 0 Å². The number of amides is 2. The van der Waals surface area contributed by atoms with Gasteiger partial charge in [0.1, 0.15) is 5.69 Å². The van der Waals surface area contributed by atoms with E-state index in [9.17, 15) is 4.79 Å². The van der Waals surface area contributed by atoms with E-state index in [2.05, 4.69) is 10.3 Å². The molecule has 2 rings (SSSR count). The quantitative estimate of drug-likeness (QED) is 0.904. The number of urea groups is 1. The molecule has 6 heteroatoms. The number of morpholine rings is 1. The van der Waals surface area contributed by atoms with Crippen LogP contribution < -0.4 is 10.1 Å². The van der Waals surface area contributed by atoms with Gasteiger partial charge in [0.15, 0.2) is 0 Å². The van der Waals surface area contributed by atoms with Crippen LogP contribution in [0.5, 0.6) is 5.88 Å². The van der Waals surface area contributed by atoms with Crippen molar-refractivity contribution in [1.82, 2.24) is 9.88 Å². The second-order valence-corrected chi connectivity index (χ2v) is 4.34. The standard InChI is InChI=1S/C13H19N3O3/c1-3-19-12-11(5-4-6-14-12)15-13(17)16-7-8-18-9-10(16)2/h4-6,10H,3,7-9H2,1-2H3,(H,15,17)/t10-/m0/s1. The zero-order chi connectivity index (χ0) is 13.7. The maximum Gasteiger partial charge on any atom is 0.322 e. The minimum atomic E-state index is -0.148. The molecule has 0 spiro atoms. The summed E-state index contributed by atoms with van der Waals surface area (Å²) in [6, 6.07) is 3.47. The van der Waals surface area contributed by atoms with Crippen LogP contribution in [-0.4, -0.2) is 48.3 Å². The number of anilines is 1. The van der Waals surface area contributed by atoms with Crippen LogP contribution in [0.3, 0.4) is 0 Å². The molecule has 0 saturated carbocycles. The predicted octanol–water partition coefficient (Wildman–Crippen LogP) is 1.73. The fourth-order valence-electron chi connectivity index (χ4n) is 1.95. The number of ether oxygens (including phenoxy) is 2. The van der Waals surface area contributed by atoms with Crippen LogP contribution in [0.15, 0.2) is 18.3 Å². The second kappa shape index (κ2) is 6.38. The van der Waals surface area contributed by atoms with Crippen molar-refractivity contribution < 1.29 is 14.3 Å². The third-order valence-electron chi connectivity index (χ3n) is 2.92. The SMILES string of the molecule is CCOc1ncccc1NC(=O)N1CCOC[C@@H]1C. The molecule has 6 nitrogen and oxygen atoms in total. The number of carbonyl (C=O) groups is 1. The Morgan fingerprint density at radius 2 is 2.53 bits per heavy atom. The molecule has 0 aliphatic carbocycles. The molecule has 0 radical (unpaired) electrons. The van der Waals surface area contributed by atoms with Crippen LogP contribution in [0.1, 0.15) is 13.8 Å². The molecule has 1 aromatic heterocycles. The number of hydrogen-bond acceptors (Lipinski definition) is 4. The van der Waals surface area contributed by atoms with Crippen molar-refractivity contribution in [1.29, 1.82) is 0 Å². The summed E-state index contributed by atoms with van der Waals surface area (Å²) in [7, 11) is 0. The minimum absolute atomic E-state index is 0.0703. The van der Waals surface area contributed by atoms with E-state index in [-0.39, 0.29) is 12.1 Å². The van der Waals surface area contributed by atoms with Crippen molar-refractivity contribution in [3.05, 3.63) is 18.3 Å². The summed E-state index contributed by atoms with van der Waals surface area (Å²) in [4.78, 5) is 18.1. The highest BCUT2D eigenvalue weighted by Crippen LogP contribution is 2.21. The Morgan fingerprint density at radius 1 is 1.68 bits per heavy atom. The number of hydrogen-bond donors (Lipinski definition) is 1. The van der Waals surface area contributed by atoms with Crippen LogP contribution in [0, 0.1) is 0 Å². The fourth-order valence-corrected chi connectivity index (χ4v) is 1.95. The Labute approximate surface area is 112 Å². The number of aromatic nitrogens is 1. The van der Waals surface area contributed by atoms with E-state index in [4.69, 9.17) is 9.47 Å². The van der Waals surface area contributed by atoms with Gasteiger partial charge in [0.05, 0.1) is 25.9 Å². The average molecular weight is 265 g/mol. The van der Waals surface area contributed by atoms with Gasteiger partial charge in [-0.1, -0.05) is 0 Å². The van der Waals surface area contributed by atoms with Gasteiger partial charge in [-0.25, -0.2) is 9.78 Å². The molecule has 0 aromatic carbocycles. The van der Waals surface area contributed by atoms with Gasteiger partial charge >= 0.3 is 6.03 Å². The normalized spacial score (nSPS) is 19.1. The van der Waals surface area contributed by atoms with Gasteiger partial charge in [-0.3, -0.25) is 0 Å².